The summed E-state index contributed by atoms with van der Waals surface area (Å²) in [6, 6.07) is 6.05. The Hall–Kier alpha value is -2.78. The minimum Gasteiger partial charge on any atom is -0.394 e. The van der Waals surface area contributed by atoms with Crippen molar-refractivity contribution in [1.29, 1.82) is 0 Å². The average molecular weight is 402 g/mol. The molecular weight excluding hydrogens is 380 g/mol. The number of amides is 1. The first kappa shape index (κ1) is 20.0. The van der Waals surface area contributed by atoms with Gasteiger partial charge in [0.05, 0.1) is 34.2 Å². The van der Waals surface area contributed by atoms with Crippen LogP contribution in [0.5, 0.6) is 0 Å². The van der Waals surface area contributed by atoms with Crippen molar-refractivity contribution in [3.05, 3.63) is 42.2 Å². The molecule has 0 fully saturated rings. The molecule has 0 radical (unpaired) electrons. The summed E-state index contributed by atoms with van der Waals surface area (Å²) in [6.07, 6.45) is 3.08. The van der Waals surface area contributed by atoms with Gasteiger partial charge in [-0.05, 0) is 32.9 Å². The molecule has 3 aromatic rings. The summed E-state index contributed by atoms with van der Waals surface area (Å²) >= 11 is 0. The van der Waals surface area contributed by atoms with E-state index in [0.29, 0.717) is 28.0 Å². The number of rotatable bonds is 6. The van der Waals surface area contributed by atoms with E-state index in [1.54, 1.807) is 51.2 Å². The molecule has 3 rings (SSSR count). The lowest BCUT2D eigenvalue weighted by molar-refractivity contribution is 0.0924. The van der Waals surface area contributed by atoms with Gasteiger partial charge in [0.2, 0.25) is 0 Å². The first-order chi connectivity index (χ1) is 13.2. The lowest BCUT2D eigenvalue weighted by Crippen LogP contribution is -2.34. The van der Waals surface area contributed by atoms with Gasteiger partial charge < -0.3 is 15.4 Å². The molecule has 0 bridgehead atoms. The second-order valence-electron chi connectivity index (χ2n) is 6.83. The molecule has 2 heterocycles. The number of hydrogen-bond donors (Lipinski definition) is 3. The number of aliphatic hydroxyl groups excluding tert-OH is 1. The number of carbonyl (C=O) groups is 1. The Morgan fingerprint density at radius 2 is 1.89 bits per heavy atom. The highest BCUT2D eigenvalue weighted by atomic mass is 32.2. The molecular formula is C19H22N4O4S. The molecule has 0 aliphatic carbocycles. The van der Waals surface area contributed by atoms with E-state index in [-0.39, 0.29) is 23.5 Å². The van der Waals surface area contributed by atoms with Gasteiger partial charge in [0, 0.05) is 17.8 Å². The van der Waals surface area contributed by atoms with Crippen molar-refractivity contribution in [2.45, 2.75) is 37.0 Å². The minimum absolute atomic E-state index is 0.170. The third kappa shape index (κ3) is 3.76. The second kappa shape index (κ2) is 7.69. The van der Waals surface area contributed by atoms with Gasteiger partial charge in [0.1, 0.15) is 5.52 Å². The number of hydrogen-bond acceptors (Lipinski definition) is 6. The topological polar surface area (TPSA) is 125 Å². The predicted molar refractivity (Wildman–Crippen MR) is 106 cm³/mol. The van der Waals surface area contributed by atoms with Crippen LogP contribution < -0.4 is 5.32 Å². The quantitative estimate of drug-likeness (QED) is 0.578. The van der Waals surface area contributed by atoms with E-state index in [2.05, 4.69) is 20.3 Å². The van der Waals surface area contributed by atoms with Gasteiger partial charge in [-0.2, -0.15) is 0 Å². The summed E-state index contributed by atoms with van der Waals surface area (Å²) in [5.74, 6) is -0.363. The fourth-order valence-corrected chi connectivity index (χ4v) is 3.70. The number of nitrogens with one attached hydrogen (secondary N) is 2. The molecule has 0 aliphatic rings. The molecule has 9 heteroatoms. The molecule has 1 aromatic carbocycles. The van der Waals surface area contributed by atoms with E-state index in [1.807, 2.05) is 0 Å². The molecule has 0 saturated carbocycles. The zero-order chi connectivity index (χ0) is 20.5. The molecule has 0 unspecified atom stereocenters. The van der Waals surface area contributed by atoms with E-state index in [1.165, 1.54) is 6.20 Å². The van der Waals surface area contributed by atoms with Crippen LogP contribution in [0.3, 0.4) is 0 Å². The van der Waals surface area contributed by atoms with Crippen LogP contribution in [0, 0.1) is 0 Å². The minimum atomic E-state index is -3.35. The zero-order valence-electron chi connectivity index (χ0n) is 15.8. The van der Waals surface area contributed by atoms with E-state index in [0.717, 1.165) is 0 Å². The number of H-pyrrole nitrogens is 1. The SMILES string of the molecule is CC(C)S(=O)(=O)c1ccc(-c2cnc3[nH]cc(C(=O)N[C@@H](C)CO)c3n2)cc1. The maximum atomic E-state index is 12.4. The first-order valence-corrected chi connectivity index (χ1v) is 10.4. The van der Waals surface area contributed by atoms with Gasteiger partial charge >= 0.3 is 0 Å². The summed E-state index contributed by atoms with van der Waals surface area (Å²) in [6.45, 7) is 4.80. The summed E-state index contributed by atoms with van der Waals surface area (Å²) < 4.78 is 24.5. The normalized spacial score (nSPS) is 13.0. The van der Waals surface area contributed by atoms with Gasteiger partial charge in [-0.3, -0.25) is 4.79 Å². The fourth-order valence-electron chi connectivity index (χ4n) is 2.64. The van der Waals surface area contributed by atoms with Crippen molar-refractivity contribution in [3.8, 4) is 11.3 Å². The number of fused-ring (bicyclic) bond motifs is 1. The lowest BCUT2D eigenvalue weighted by Gasteiger charge is -2.10. The monoisotopic (exact) mass is 402 g/mol. The van der Waals surface area contributed by atoms with E-state index in [4.69, 9.17) is 5.11 Å². The number of carbonyl (C=O) groups excluding carboxylic acids is 1. The van der Waals surface area contributed by atoms with Gasteiger partial charge in [-0.1, -0.05) is 12.1 Å². The smallest absolute Gasteiger partial charge is 0.255 e. The highest BCUT2D eigenvalue weighted by Crippen LogP contribution is 2.24. The maximum Gasteiger partial charge on any atom is 0.255 e. The van der Waals surface area contributed by atoms with Crippen LogP contribution in [0.1, 0.15) is 31.1 Å². The number of benzene rings is 1. The van der Waals surface area contributed by atoms with Gasteiger partial charge in [0.25, 0.3) is 5.91 Å². The Morgan fingerprint density at radius 1 is 1.21 bits per heavy atom. The number of aromatic nitrogens is 3. The van der Waals surface area contributed by atoms with Crippen LogP contribution in [0.25, 0.3) is 22.4 Å². The van der Waals surface area contributed by atoms with Crippen molar-refractivity contribution >= 4 is 26.9 Å². The summed E-state index contributed by atoms with van der Waals surface area (Å²) in [5, 5.41) is 11.3. The molecule has 0 aliphatic heterocycles. The van der Waals surface area contributed by atoms with E-state index < -0.39 is 15.1 Å². The van der Waals surface area contributed by atoms with Gasteiger partial charge in [-0.25, -0.2) is 18.4 Å². The van der Waals surface area contributed by atoms with Crippen LogP contribution >= 0.6 is 0 Å². The Bertz CT molecular complexity index is 1100. The van der Waals surface area contributed by atoms with Crippen LogP contribution in [-0.2, 0) is 9.84 Å². The number of aromatic amines is 1. The molecule has 28 heavy (non-hydrogen) atoms. The van der Waals surface area contributed by atoms with Gasteiger partial charge in [0.15, 0.2) is 15.5 Å². The van der Waals surface area contributed by atoms with Crippen LogP contribution in [0.15, 0.2) is 41.6 Å². The highest BCUT2D eigenvalue weighted by Gasteiger charge is 2.20. The Balaban J connectivity index is 1.96. The molecule has 1 amide bonds. The van der Waals surface area contributed by atoms with Crippen molar-refractivity contribution in [2.75, 3.05) is 6.61 Å². The van der Waals surface area contributed by atoms with Crippen LogP contribution in [0.2, 0.25) is 0 Å². The second-order valence-corrected chi connectivity index (χ2v) is 9.33. The zero-order valence-corrected chi connectivity index (χ0v) is 16.6. The van der Waals surface area contributed by atoms with Crippen molar-refractivity contribution in [3.63, 3.8) is 0 Å². The summed E-state index contributed by atoms with van der Waals surface area (Å²) in [5.41, 5.74) is 2.39. The highest BCUT2D eigenvalue weighted by molar-refractivity contribution is 7.92. The number of nitrogens with zero attached hydrogens (tertiary/aromatic N) is 2. The molecule has 8 nitrogen and oxygen atoms in total. The lowest BCUT2D eigenvalue weighted by atomic mass is 10.1. The molecule has 3 N–H and O–H groups in total. The summed E-state index contributed by atoms with van der Waals surface area (Å²) in [7, 11) is -3.35. The van der Waals surface area contributed by atoms with Crippen LogP contribution in [-0.4, -0.2) is 52.3 Å². The van der Waals surface area contributed by atoms with Crippen molar-refractivity contribution in [1.82, 2.24) is 20.3 Å². The third-order valence-electron chi connectivity index (χ3n) is 4.38. The van der Waals surface area contributed by atoms with E-state index >= 15 is 0 Å². The van der Waals surface area contributed by atoms with E-state index in [9.17, 15) is 13.2 Å². The average Bonchev–Trinajstić information content (AvgIpc) is 3.11. The standard InChI is InChI=1S/C19H22N4O4S/c1-11(2)28(26,27)14-6-4-13(5-7-14)16-9-21-18-17(23-16)15(8-20-18)19(25)22-12(3)10-24/h4-9,11-12,24H,10H2,1-3H3,(H,20,21)(H,22,25)/t12-/m0/s1. The Kier molecular flexibility index (Phi) is 5.48. The maximum absolute atomic E-state index is 12.4. The third-order valence-corrected chi connectivity index (χ3v) is 6.55. The molecule has 2 aromatic heterocycles. The largest absolute Gasteiger partial charge is 0.394 e. The van der Waals surface area contributed by atoms with Crippen LogP contribution in [0.4, 0.5) is 0 Å². The molecule has 0 spiro atoms. The first-order valence-electron chi connectivity index (χ1n) is 8.84. The summed E-state index contributed by atoms with van der Waals surface area (Å²) in [4.78, 5) is 24.3. The van der Waals surface area contributed by atoms with Gasteiger partial charge in [-0.15, -0.1) is 0 Å². The van der Waals surface area contributed by atoms with Crippen molar-refractivity contribution in [2.24, 2.45) is 0 Å². The molecule has 148 valence electrons. The number of sulfone groups is 1. The van der Waals surface area contributed by atoms with Crippen molar-refractivity contribution < 1.29 is 18.3 Å². The fraction of sp³-hybridized carbons (Fsp3) is 0.316. The number of aliphatic hydroxyl groups is 1. The molecule has 0 saturated heterocycles. The Morgan fingerprint density at radius 3 is 2.50 bits per heavy atom. The molecule has 1 atom stereocenters. The Labute approximate surface area is 163 Å². The predicted octanol–water partition coefficient (Wildman–Crippen LogP) is 1.92.